The SMILES string of the molecule is Cc1nn(-c2cccc(F)c2)c(N2CCN(C(C)C)CC2)c1CN(C(=O)NC1CCCCC1)C(C)C. The van der Waals surface area contributed by atoms with Crippen LogP contribution in [0.2, 0.25) is 0 Å². The van der Waals surface area contributed by atoms with Gasteiger partial charge in [0.1, 0.15) is 11.6 Å². The third-order valence-corrected chi connectivity index (χ3v) is 7.70. The first kappa shape index (κ1) is 26.5. The third-order valence-electron chi connectivity index (χ3n) is 7.70. The monoisotopic (exact) mass is 498 g/mol. The molecular weight excluding hydrogens is 455 g/mol. The highest BCUT2D eigenvalue weighted by molar-refractivity contribution is 5.75. The molecule has 4 rings (SSSR count). The summed E-state index contributed by atoms with van der Waals surface area (Å²) in [6.45, 7) is 14.7. The Hall–Kier alpha value is -2.61. The molecule has 198 valence electrons. The second kappa shape index (κ2) is 11.6. The van der Waals surface area contributed by atoms with Crippen LogP contribution in [0, 0.1) is 12.7 Å². The molecule has 0 bridgehead atoms. The fraction of sp³-hybridized carbons (Fsp3) is 0.643. The van der Waals surface area contributed by atoms with Gasteiger partial charge in [-0.1, -0.05) is 25.3 Å². The molecule has 1 aromatic heterocycles. The van der Waals surface area contributed by atoms with Gasteiger partial charge in [-0.15, -0.1) is 0 Å². The molecule has 1 aromatic carbocycles. The quantitative estimate of drug-likeness (QED) is 0.577. The molecule has 1 N–H and O–H groups in total. The van der Waals surface area contributed by atoms with Gasteiger partial charge < -0.3 is 15.1 Å². The number of carbonyl (C=O) groups is 1. The zero-order chi connectivity index (χ0) is 25.8. The van der Waals surface area contributed by atoms with Crippen LogP contribution in [0.15, 0.2) is 24.3 Å². The molecule has 2 fully saturated rings. The number of rotatable bonds is 7. The lowest BCUT2D eigenvalue weighted by Crippen LogP contribution is -2.50. The van der Waals surface area contributed by atoms with E-state index < -0.39 is 0 Å². The van der Waals surface area contributed by atoms with E-state index in [1.807, 2.05) is 22.6 Å². The normalized spacial score (nSPS) is 17.7. The lowest BCUT2D eigenvalue weighted by atomic mass is 9.96. The smallest absolute Gasteiger partial charge is 0.318 e. The van der Waals surface area contributed by atoms with E-state index in [1.54, 1.807) is 6.07 Å². The number of piperazine rings is 1. The topological polar surface area (TPSA) is 56.6 Å². The number of aryl methyl sites for hydroxylation is 1. The van der Waals surface area contributed by atoms with Crippen LogP contribution in [0.4, 0.5) is 15.0 Å². The van der Waals surface area contributed by atoms with Crippen LogP contribution in [0.1, 0.15) is 71.1 Å². The standard InChI is InChI=1S/C28H43FN6O/c1-20(2)32-14-16-33(17-15-32)27-26(22(5)31-35(27)25-13-9-10-23(29)18-25)19-34(21(3)4)28(36)30-24-11-7-6-8-12-24/h9-10,13,18,20-21,24H,6-8,11-12,14-17,19H2,1-5H3,(H,30,36). The third kappa shape index (κ3) is 6.02. The van der Waals surface area contributed by atoms with Crippen LogP contribution in [-0.4, -0.2) is 69.9 Å². The number of carbonyl (C=O) groups excluding carboxylic acids is 1. The van der Waals surface area contributed by atoms with Crippen molar-refractivity contribution in [3.8, 4) is 5.69 Å². The molecule has 1 saturated heterocycles. The summed E-state index contributed by atoms with van der Waals surface area (Å²) in [5, 5.41) is 8.17. The number of aromatic nitrogens is 2. The second-order valence-electron chi connectivity index (χ2n) is 10.9. The lowest BCUT2D eigenvalue weighted by Gasteiger charge is -2.39. The Bertz CT molecular complexity index is 1020. The van der Waals surface area contributed by atoms with Crippen LogP contribution in [-0.2, 0) is 6.54 Å². The molecule has 2 aromatic rings. The molecule has 36 heavy (non-hydrogen) atoms. The molecule has 2 aliphatic rings. The largest absolute Gasteiger partial charge is 0.354 e. The Morgan fingerprint density at radius 2 is 1.81 bits per heavy atom. The van der Waals surface area contributed by atoms with Crippen molar-refractivity contribution in [2.24, 2.45) is 0 Å². The Morgan fingerprint density at radius 1 is 1.11 bits per heavy atom. The number of hydrogen-bond donors (Lipinski definition) is 1. The highest BCUT2D eigenvalue weighted by Gasteiger charge is 2.30. The van der Waals surface area contributed by atoms with Crippen LogP contribution in [0.5, 0.6) is 0 Å². The fourth-order valence-electron chi connectivity index (χ4n) is 5.46. The molecule has 0 atom stereocenters. The predicted octanol–water partition coefficient (Wildman–Crippen LogP) is 5.10. The van der Waals surface area contributed by atoms with E-state index in [1.165, 1.54) is 31.4 Å². The fourth-order valence-corrected chi connectivity index (χ4v) is 5.46. The summed E-state index contributed by atoms with van der Waals surface area (Å²) in [7, 11) is 0. The zero-order valence-electron chi connectivity index (χ0n) is 22.6. The van der Waals surface area contributed by atoms with Crippen molar-refractivity contribution in [2.75, 3.05) is 31.1 Å². The van der Waals surface area contributed by atoms with Gasteiger partial charge in [-0.05, 0) is 65.7 Å². The van der Waals surface area contributed by atoms with Crippen molar-refractivity contribution in [3.05, 3.63) is 41.3 Å². The number of amides is 2. The van der Waals surface area contributed by atoms with Crippen molar-refractivity contribution >= 4 is 11.8 Å². The molecule has 2 heterocycles. The van der Waals surface area contributed by atoms with Gasteiger partial charge >= 0.3 is 6.03 Å². The lowest BCUT2D eigenvalue weighted by molar-refractivity contribution is 0.172. The first-order valence-corrected chi connectivity index (χ1v) is 13.6. The minimum atomic E-state index is -0.284. The minimum Gasteiger partial charge on any atom is -0.354 e. The van der Waals surface area contributed by atoms with Gasteiger partial charge in [0.15, 0.2) is 0 Å². The van der Waals surface area contributed by atoms with Crippen molar-refractivity contribution in [1.82, 2.24) is 24.9 Å². The molecule has 8 heteroatoms. The maximum Gasteiger partial charge on any atom is 0.318 e. The van der Waals surface area contributed by atoms with Gasteiger partial charge in [0, 0.05) is 49.9 Å². The van der Waals surface area contributed by atoms with Gasteiger partial charge in [0.25, 0.3) is 0 Å². The van der Waals surface area contributed by atoms with E-state index in [2.05, 4.69) is 42.8 Å². The summed E-state index contributed by atoms with van der Waals surface area (Å²) >= 11 is 0. The maximum atomic E-state index is 14.2. The van der Waals surface area contributed by atoms with E-state index in [0.29, 0.717) is 18.3 Å². The molecule has 0 radical (unpaired) electrons. The zero-order valence-corrected chi connectivity index (χ0v) is 22.6. The number of hydrogen-bond acceptors (Lipinski definition) is 4. The summed E-state index contributed by atoms with van der Waals surface area (Å²) in [4.78, 5) is 20.2. The van der Waals surface area contributed by atoms with Gasteiger partial charge in [-0.3, -0.25) is 4.90 Å². The first-order chi connectivity index (χ1) is 17.2. The Morgan fingerprint density at radius 3 is 2.42 bits per heavy atom. The van der Waals surface area contributed by atoms with Crippen LogP contribution >= 0.6 is 0 Å². The van der Waals surface area contributed by atoms with Crippen LogP contribution in [0.3, 0.4) is 0 Å². The summed E-state index contributed by atoms with van der Waals surface area (Å²) in [5.41, 5.74) is 2.61. The summed E-state index contributed by atoms with van der Waals surface area (Å²) in [5.74, 6) is 0.686. The van der Waals surface area contributed by atoms with E-state index in [0.717, 1.165) is 56.1 Å². The molecule has 1 aliphatic carbocycles. The maximum absolute atomic E-state index is 14.2. The van der Waals surface area contributed by atoms with E-state index >= 15 is 0 Å². The molecule has 2 amide bonds. The van der Waals surface area contributed by atoms with E-state index in [-0.39, 0.29) is 23.9 Å². The number of nitrogens with one attached hydrogen (secondary N) is 1. The second-order valence-corrected chi connectivity index (χ2v) is 10.9. The average Bonchev–Trinajstić information content (AvgIpc) is 3.18. The predicted molar refractivity (Wildman–Crippen MR) is 143 cm³/mol. The summed E-state index contributed by atoms with van der Waals surface area (Å²) in [6, 6.07) is 7.39. The highest BCUT2D eigenvalue weighted by Crippen LogP contribution is 2.31. The average molecular weight is 499 g/mol. The Labute approximate surface area is 215 Å². The number of nitrogens with zero attached hydrogens (tertiary/aromatic N) is 5. The first-order valence-electron chi connectivity index (χ1n) is 13.6. The molecule has 0 unspecified atom stereocenters. The molecular formula is C28H43FN6O. The number of urea groups is 1. The van der Waals surface area contributed by atoms with Crippen LogP contribution < -0.4 is 10.2 Å². The van der Waals surface area contributed by atoms with Gasteiger partial charge in [0.2, 0.25) is 0 Å². The Kier molecular flexibility index (Phi) is 8.54. The number of benzene rings is 1. The summed E-state index contributed by atoms with van der Waals surface area (Å²) in [6.07, 6.45) is 5.72. The molecule has 0 spiro atoms. The van der Waals surface area contributed by atoms with Crippen molar-refractivity contribution in [1.29, 1.82) is 0 Å². The van der Waals surface area contributed by atoms with Crippen molar-refractivity contribution in [3.63, 3.8) is 0 Å². The van der Waals surface area contributed by atoms with Crippen molar-refractivity contribution < 1.29 is 9.18 Å². The van der Waals surface area contributed by atoms with Gasteiger partial charge in [-0.2, -0.15) is 5.10 Å². The molecule has 1 saturated carbocycles. The van der Waals surface area contributed by atoms with Crippen molar-refractivity contribution in [2.45, 2.75) is 91.4 Å². The highest BCUT2D eigenvalue weighted by atomic mass is 19.1. The minimum absolute atomic E-state index is 0.00890. The van der Waals surface area contributed by atoms with Crippen LogP contribution in [0.25, 0.3) is 5.69 Å². The molecule has 7 nitrogen and oxygen atoms in total. The number of halogens is 1. The van der Waals surface area contributed by atoms with Gasteiger partial charge in [0.05, 0.1) is 17.9 Å². The Balaban J connectivity index is 1.66. The van der Waals surface area contributed by atoms with E-state index in [9.17, 15) is 9.18 Å². The molecule has 1 aliphatic heterocycles. The van der Waals surface area contributed by atoms with Gasteiger partial charge in [-0.25, -0.2) is 13.9 Å². The van der Waals surface area contributed by atoms with E-state index in [4.69, 9.17) is 5.10 Å². The summed E-state index contributed by atoms with van der Waals surface area (Å²) < 4.78 is 16.1. The number of anilines is 1.